The van der Waals surface area contributed by atoms with Crippen LogP contribution in [0.25, 0.3) is 6.08 Å². The lowest BCUT2D eigenvalue weighted by Crippen LogP contribution is -1.77. The van der Waals surface area contributed by atoms with Gasteiger partial charge in [-0.2, -0.15) is 0 Å². The quantitative estimate of drug-likeness (QED) is 0.506. The van der Waals surface area contributed by atoms with Crippen LogP contribution >= 0.6 is 0 Å². The van der Waals surface area contributed by atoms with Gasteiger partial charge in [0.05, 0.1) is 0 Å². The summed E-state index contributed by atoms with van der Waals surface area (Å²) in [4.78, 5) is 10.5. The molecule has 0 aliphatic carbocycles. The summed E-state index contributed by atoms with van der Waals surface area (Å²) in [5.74, 6) is 0.0673. The van der Waals surface area contributed by atoms with Crippen LogP contribution in [0.3, 0.4) is 0 Å². The van der Waals surface area contributed by atoms with Crippen molar-refractivity contribution in [3.63, 3.8) is 0 Å². The minimum absolute atomic E-state index is 0.0673. The molecule has 0 atom stereocenters. The third-order valence-electron chi connectivity index (χ3n) is 1.53. The monoisotopic (exact) mass is 172 g/mol. The summed E-state index contributed by atoms with van der Waals surface area (Å²) in [6, 6.07) is 9.96. The van der Waals surface area contributed by atoms with Crippen LogP contribution in [0.4, 0.5) is 0 Å². The fraction of sp³-hybridized carbons (Fsp3) is 0.0833. The maximum atomic E-state index is 10.5. The molecule has 0 saturated heterocycles. The van der Waals surface area contributed by atoms with E-state index in [1.54, 1.807) is 12.2 Å². The SMILES string of the molecule is CC(=O)C=CC=Cc1ccccc1. The number of hydrogen-bond acceptors (Lipinski definition) is 1. The molecule has 1 aromatic carbocycles. The highest BCUT2D eigenvalue weighted by atomic mass is 16.1. The van der Waals surface area contributed by atoms with Crippen molar-refractivity contribution >= 4 is 11.9 Å². The molecule has 0 unspecified atom stereocenters. The molecule has 0 radical (unpaired) electrons. The Hall–Kier alpha value is -1.63. The van der Waals surface area contributed by atoms with Crippen LogP contribution in [0.2, 0.25) is 0 Å². The lowest BCUT2D eigenvalue weighted by molar-refractivity contribution is -0.112. The van der Waals surface area contributed by atoms with E-state index < -0.39 is 0 Å². The minimum Gasteiger partial charge on any atom is -0.295 e. The molecule has 0 heterocycles. The highest BCUT2D eigenvalue weighted by Gasteiger charge is 1.80. The Labute approximate surface area is 78.4 Å². The number of rotatable bonds is 3. The van der Waals surface area contributed by atoms with Gasteiger partial charge in [0.1, 0.15) is 0 Å². The van der Waals surface area contributed by atoms with Gasteiger partial charge in [0.25, 0.3) is 0 Å². The van der Waals surface area contributed by atoms with Crippen molar-refractivity contribution in [1.29, 1.82) is 0 Å². The summed E-state index contributed by atoms with van der Waals surface area (Å²) in [5.41, 5.74) is 1.13. The first-order valence-corrected chi connectivity index (χ1v) is 4.19. The molecule has 0 bridgehead atoms. The second-order valence-electron chi connectivity index (χ2n) is 2.74. The first kappa shape index (κ1) is 9.46. The molecule has 13 heavy (non-hydrogen) atoms. The van der Waals surface area contributed by atoms with Crippen LogP contribution in [0, 0.1) is 0 Å². The second-order valence-corrected chi connectivity index (χ2v) is 2.74. The van der Waals surface area contributed by atoms with E-state index in [2.05, 4.69) is 0 Å². The van der Waals surface area contributed by atoms with Crippen LogP contribution in [0.5, 0.6) is 0 Å². The number of carbonyl (C=O) groups is 1. The normalized spacial score (nSPS) is 11.2. The third-order valence-corrected chi connectivity index (χ3v) is 1.53. The van der Waals surface area contributed by atoms with Crippen LogP contribution in [0.15, 0.2) is 48.6 Å². The first-order valence-electron chi connectivity index (χ1n) is 4.19. The molecule has 1 nitrogen and oxygen atoms in total. The predicted molar refractivity (Wildman–Crippen MR) is 55.3 cm³/mol. The van der Waals surface area contributed by atoms with Crippen molar-refractivity contribution in [2.45, 2.75) is 6.92 Å². The average Bonchev–Trinajstić information content (AvgIpc) is 2.14. The molecule has 0 aliphatic rings. The minimum atomic E-state index is 0.0673. The van der Waals surface area contributed by atoms with Crippen molar-refractivity contribution in [2.75, 3.05) is 0 Å². The van der Waals surface area contributed by atoms with E-state index >= 15 is 0 Å². The van der Waals surface area contributed by atoms with E-state index in [0.717, 1.165) is 5.56 Å². The lowest BCUT2D eigenvalue weighted by atomic mass is 10.2. The van der Waals surface area contributed by atoms with E-state index in [-0.39, 0.29) is 5.78 Å². The molecule has 0 spiro atoms. The molecule has 0 aromatic heterocycles. The van der Waals surface area contributed by atoms with Gasteiger partial charge in [-0.15, -0.1) is 0 Å². The van der Waals surface area contributed by atoms with Crippen LogP contribution in [-0.2, 0) is 4.79 Å². The maximum absolute atomic E-state index is 10.5. The van der Waals surface area contributed by atoms with E-state index in [9.17, 15) is 4.79 Å². The molecule has 0 N–H and O–H groups in total. The number of allylic oxidation sites excluding steroid dienone is 3. The van der Waals surface area contributed by atoms with Crippen LogP contribution in [-0.4, -0.2) is 5.78 Å². The number of benzene rings is 1. The first-order chi connectivity index (χ1) is 6.29. The number of hydrogen-bond donors (Lipinski definition) is 0. The lowest BCUT2D eigenvalue weighted by Gasteiger charge is -1.87. The van der Waals surface area contributed by atoms with Gasteiger partial charge in [0, 0.05) is 0 Å². The summed E-state index contributed by atoms with van der Waals surface area (Å²) < 4.78 is 0. The highest BCUT2D eigenvalue weighted by Crippen LogP contribution is 2.00. The topological polar surface area (TPSA) is 17.1 Å². The van der Waals surface area contributed by atoms with Gasteiger partial charge in [-0.1, -0.05) is 48.6 Å². The molecule has 66 valence electrons. The largest absolute Gasteiger partial charge is 0.295 e. The van der Waals surface area contributed by atoms with Crippen LogP contribution in [0.1, 0.15) is 12.5 Å². The fourth-order valence-electron chi connectivity index (χ4n) is 0.922. The van der Waals surface area contributed by atoms with Crippen molar-refractivity contribution in [3.8, 4) is 0 Å². The van der Waals surface area contributed by atoms with Gasteiger partial charge in [0.15, 0.2) is 5.78 Å². The Bertz CT molecular complexity index is 320. The molecule has 0 saturated carbocycles. The Morgan fingerprint density at radius 2 is 1.85 bits per heavy atom. The van der Waals surface area contributed by atoms with E-state index in [1.807, 2.05) is 42.5 Å². The predicted octanol–water partition coefficient (Wildman–Crippen LogP) is 2.85. The van der Waals surface area contributed by atoms with E-state index in [4.69, 9.17) is 0 Å². The Kier molecular flexibility index (Phi) is 3.71. The summed E-state index contributed by atoms with van der Waals surface area (Å²) in [6.45, 7) is 1.53. The van der Waals surface area contributed by atoms with Crippen molar-refractivity contribution in [1.82, 2.24) is 0 Å². The molecule has 1 rings (SSSR count). The van der Waals surface area contributed by atoms with Gasteiger partial charge in [-0.3, -0.25) is 4.79 Å². The van der Waals surface area contributed by atoms with Crippen molar-refractivity contribution in [2.24, 2.45) is 0 Å². The molecule has 0 amide bonds. The summed E-state index contributed by atoms with van der Waals surface area (Å²) >= 11 is 0. The smallest absolute Gasteiger partial charge is 0.152 e. The van der Waals surface area contributed by atoms with Gasteiger partial charge >= 0.3 is 0 Å². The number of ketones is 1. The summed E-state index contributed by atoms with van der Waals surface area (Å²) in [6.07, 6.45) is 7.10. The summed E-state index contributed by atoms with van der Waals surface area (Å²) in [5, 5.41) is 0. The third kappa shape index (κ3) is 4.06. The maximum Gasteiger partial charge on any atom is 0.152 e. The van der Waals surface area contributed by atoms with E-state index in [0.29, 0.717) is 0 Å². The van der Waals surface area contributed by atoms with Gasteiger partial charge in [-0.05, 0) is 18.6 Å². The van der Waals surface area contributed by atoms with Gasteiger partial charge in [0.2, 0.25) is 0 Å². The van der Waals surface area contributed by atoms with Crippen molar-refractivity contribution in [3.05, 3.63) is 54.1 Å². The molecular weight excluding hydrogens is 160 g/mol. The van der Waals surface area contributed by atoms with Crippen molar-refractivity contribution < 1.29 is 4.79 Å². The Morgan fingerprint density at radius 1 is 1.15 bits per heavy atom. The fourth-order valence-corrected chi connectivity index (χ4v) is 0.922. The molecular formula is C12H12O. The molecule has 0 fully saturated rings. The Morgan fingerprint density at radius 3 is 2.46 bits per heavy atom. The standard InChI is InChI=1S/C12H12O/c1-11(13)7-5-6-10-12-8-3-2-4-9-12/h2-10H,1H3. The Balaban J connectivity index is 2.55. The summed E-state index contributed by atoms with van der Waals surface area (Å²) in [7, 11) is 0. The van der Waals surface area contributed by atoms with Crippen LogP contribution < -0.4 is 0 Å². The molecule has 1 heteroatoms. The van der Waals surface area contributed by atoms with Gasteiger partial charge in [-0.25, -0.2) is 0 Å². The van der Waals surface area contributed by atoms with Gasteiger partial charge < -0.3 is 0 Å². The molecule has 1 aromatic rings. The zero-order valence-electron chi connectivity index (χ0n) is 7.60. The highest BCUT2D eigenvalue weighted by molar-refractivity contribution is 5.87. The zero-order valence-corrected chi connectivity index (χ0v) is 7.60. The van der Waals surface area contributed by atoms with E-state index in [1.165, 1.54) is 6.92 Å². The molecule has 0 aliphatic heterocycles. The average molecular weight is 172 g/mol. The second kappa shape index (κ2) is 5.09. The zero-order chi connectivity index (χ0) is 9.52. The number of carbonyl (C=O) groups excluding carboxylic acids is 1.